The molecule has 1 N–H and O–H groups in total. The lowest BCUT2D eigenvalue weighted by Gasteiger charge is -2.05. The second kappa shape index (κ2) is 6.67. The van der Waals surface area contributed by atoms with Gasteiger partial charge in [-0.15, -0.1) is 0 Å². The van der Waals surface area contributed by atoms with Gasteiger partial charge in [0.1, 0.15) is 5.75 Å². The van der Waals surface area contributed by atoms with E-state index in [0.29, 0.717) is 12.2 Å². The van der Waals surface area contributed by atoms with Crippen LogP contribution in [0, 0.1) is 0 Å². The van der Waals surface area contributed by atoms with Crippen molar-refractivity contribution < 1.29 is 9.53 Å². The highest BCUT2D eigenvalue weighted by Gasteiger charge is 2.01. The van der Waals surface area contributed by atoms with Gasteiger partial charge in [0.15, 0.2) is 0 Å². The molecule has 0 fully saturated rings. The number of carbonyl (C=O) groups excluding carboxylic acids is 1. The molecule has 3 heteroatoms. The summed E-state index contributed by atoms with van der Waals surface area (Å²) in [5, 5.41) is 2.57. The molecule has 1 amide bonds. The molecule has 0 aliphatic rings. The van der Waals surface area contributed by atoms with Crippen LogP contribution in [-0.2, 0) is 0 Å². The first-order valence-electron chi connectivity index (χ1n) is 5.34. The minimum atomic E-state index is -0.0829. The molecule has 0 aromatic heterocycles. The third-order valence-corrected chi connectivity index (χ3v) is 2.13. The second-order valence-electron chi connectivity index (χ2n) is 3.31. The fraction of sp³-hybridized carbons (Fsp3) is 0.308. The van der Waals surface area contributed by atoms with Crippen molar-refractivity contribution in [3.05, 3.63) is 42.0 Å². The summed E-state index contributed by atoms with van der Waals surface area (Å²) >= 11 is 0. The van der Waals surface area contributed by atoms with E-state index in [9.17, 15) is 4.79 Å². The van der Waals surface area contributed by atoms with Crippen LogP contribution in [0.3, 0.4) is 0 Å². The number of amides is 1. The third-order valence-electron chi connectivity index (χ3n) is 2.13. The van der Waals surface area contributed by atoms with E-state index in [1.54, 1.807) is 31.3 Å². The van der Waals surface area contributed by atoms with E-state index in [0.717, 1.165) is 12.2 Å². The number of nitrogens with one attached hydrogen (secondary N) is 1. The summed E-state index contributed by atoms with van der Waals surface area (Å²) in [7, 11) is 1.61. The van der Waals surface area contributed by atoms with E-state index in [1.165, 1.54) is 0 Å². The molecule has 1 aromatic carbocycles. The van der Waals surface area contributed by atoms with Gasteiger partial charge >= 0.3 is 0 Å². The van der Waals surface area contributed by atoms with Crippen LogP contribution in [0.25, 0.3) is 0 Å². The van der Waals surface area contributed by atoms with Gasteiger partial charge in [-0.1, -0.05) is 12.2 Å². The molecule has 0 aliphatic carbocycles. The lowest BCUT2D eigenvalue weighted by atomic mass is 10.2. The number of allylic oxidation sites excluding steroid dienone is 1. The van der Waals surface area contributed by atoms with Crippen molar-refractivity contribution in [1.82, 2.24) is 5.32 Å². The lowest BCUT2D eigenvalue weighted by molar-refractivity contribution is 0.0963. The molecule has 0 spiro atoms. The Morgan fingerprint density at radius 2 is 2.06 bits per heavy atom. The molecule has 1 rings (SSSR count). The minimum Gasteiger partial charge on any atom is -0.493 e. The van der Waals surface area contributed by atoms with Gasteiger partial charge in [0.2, 0.25) is 0 Å². The van der Waals surface area contributed by atoms with Crippen molar-refractivity contribution in [2.75, 3.05) is 13.7 Å². The Morgan fingerprint density at radius 1 is 1.38 bits per heavy atom. The molecule has 0 unspecified atom stereocenters. The summed E-state index contributed by atoms with van der Waals surface area (Å²) in [5.74, 6) is 0.706. The maximum Gasteiger partial charge on any atom is 0.251 e. The fourth-order valence-corrected chi connectivity index (χ4v) is 1.26. The maximum atomic E-state index is 11.3. The van der Waals surface area contributed by atoms with Gasteiger partial charge in [-0.2, -0.15) is 0 Å². The summed E-state index contributed by atoms with van der Waals surface area (Å²) in [6, 6.07) is 7.12. The van der Waals surface area contributed by atoms with Crippen LogP contribution in [0.1, 0.15) is 23.7 Å². The van der Waals surface area contributed by atoms with Crippen LogP contribution in [0.4, 0.5) is 0 Å². The largest absolute Gasteiger partial charge is 0.493 e. The Labute approximate surface area is 96.1 Å². The third kappa shape index (κ3) is 3.77. The molecule has 0 heterocycles. The van der Waals surface area contributed by atoms with Crippen molar-refractivity contribution >= 4 is 5.91 Å². The van der Waals surface area contributed by atoms with Gasteiger partial charge in [0.25, 0.3) is 5.91 Å². The molecular formula is C13H17NO2. The quantitative estimate of drug-likeness (QED) is 0.610. The number of hydrogen-bond donors (Lipinski definition) is 1. The zero-order chi connectivity index (χ0) is 11.8. The predicted octanol–water partition coefficient (Wildman–Crippen LogP) is 2.39. The lowest BCUT2D eigenvalue weighted by Crippen LogP contribution is -2.17. The van der Waals surface area contributed by atoms with E-state index in [1.807, 2.05) is 13.0 Å². The number of hydrogen-bond acceptors (Lipinski definition) is 2. The monoisotopic (exact) mass is 219 g/mol. The van der Waals surface area contributed by atoms with Crippen molar-refractivity contribution in [3.63, 3.8) is 0 Å². The van der Waals surface area contributed by atoms with Gasteiger partial charge in [-0.25, -0.2) is 0 Å². The Balaban J connectivity index is 2.48. The molecule has 0 saturated heterocycles. The van der Waals surface area contributed by atoms with Crippen molar-refractivity contribution in [3.8, 4) is 5.75 Å². The molecule has 0 bridgehead atoms. The summed E-state index contributed by atoms with van der Waals surface area (Å²) in [6.45, 7) is 2.64. The molecule has 0 radical (unpaired) electrons. The van der Waals surface area contributed by atoms with Gasteiger partial charge in [-0.3, -0.25) is 4.79 Å². The first-order valence-corrected chi connectivity index (χ1v) is 5.34. The highest BCUT2D eigenvalue weighted by Crippen LogP contribution is 2.12. The topological polar surface area (TPSA) is 38.3 Å². The molecular weight excluding hydrogens is 202 g/mol. The Kier molecular flexibility index (Phi) is 5.12. The van der Waals surface area contributed by atoms with E-state index >= 15 is 0 Å². The molecule has 0 atom stereocenters. The standard InChI is InChI=1S/C13H17NO2/c1-3-4-5-10-16-12-8-6-11(7-9-12)13(15)14-2/h3-4,6-9H,5,10H2,1-2H3,(H,14,15)/b4-3-. The normalized spacial score (nSPS) is 10.4. The number of carbonyl (C=O) groups is 1. The van der Waals surface area contributed by atoms with E-state index in [-0.39, 0.29) is 5.91 Å². The number of benzene rings is 1. The van der Waals surface area contributed by atoms with Crippen molar-refractivity contribution in [2.45, 2.75) is 13.3 Å². The second-order valence-corrected chi connectivity index (χ2v) is 3.31. The first kappa shape index (κ1) is 12.3. The van der Waals surface area contributed by atoms with Crippen LogP contribution in [0.2, 0.25) is 0 Å². The molecule has 1 aromatic rings. The summed E-state index contributed by atoms with van der Waals surface area (Å²) in [5.41, 5.74) is 0.642. The fourth-order valence-electron chi connectivity index (χ4n) is 1.26. The smallest absolute Gasteiger partial charge is 0.251 e. The SMILES string of the molecule is C/C=C\CCOc1ccc(C(=O)NC)cc1. The molecule has 86 valence electrons. The van der Waals surface area contributed by atoms with Crippen LogP contribution in [0.15, 0.2) is 36.4 Å². The molecule has 3 nitrogen and oxygen atoms in total. The van der Waals surface area contributed by atoms with E-state index in [2.05, 4.69) is 11.4 Å². The van der Waals surface area contributed by atoms with Crippen LogP contribution < -0.4 is 10.1 Å². The van der Waals surface area contributed by atoms with E-state index in [4.69, 9.17) is 4.74 Å². The zero-order valence-electron chi connectivity index (χ0n) is 9.69. The minimum absolute atomic E-state index is 0.0829. The van der Waals surface area contributed by atoms with Crippen molar-refractivity contribution in [2.24, 2.45) is 0 Å². The Hall–Kier alpha value is -1.77. The highest BCUT2D eigenvalue weighted by molar-refractivity contribution is 5.94. The van der Waals surface area contributed by atoms with Gasteiger partial charge < -0.3 is 10.1 Å². The summed E-state index contributed by atoms with van der Waals surface area (Å²) in [6.07, 6.45) is 4.95. The summed E-state index contributed by atoms with van der Waals surface area (Å²) < 4.78 is 5.49. The summed E-state index contributed by atoms with van der Waals surface area (Å²) in [4.78, 5) is 11.3. The maximum absolute atomic E-state index is 11.3. The van der Waals surface area contributed by atoms with Crippen LogP contribution in [-0.4, -0.2) is 19.6 Å². The first-order chi connectivity index (χ1) is 7.77. The molecule has 0 saturated carbocycles. The average molecular weight is 219 g/mol. The van der Waals surface area contributed by atoms with Crippen LogP contribution in [0.5, 0.6) is 5.75 Å². The number of rotatable bonds is 5. The van der Waals surface area contributed by atoms with Gasteiger partial charge in [-0.05, 0) is 37.6 Å². The van der Waals surface area contributed by atoms with Crippen LogP contribution >= 0.6 is 0 Å². The van der Waals surface area contributed by atoms with Gasteiger partial charge in [0.05, 0.1) is 6.61 Å². The number of ether oxygens (including phenoxy) is 1. The Morgan fingerprint density at radius 3 is 2.62 bits per heavy atom. The van der Waals surface area contributed by atoms with Crippen molar-refractivity contribution in [1.29, 1.82) is 0 Å². The molecule has 0 aliphatic heterocycles. The van der Waals surface area contributed by atoms with Gasteiger partial charge in [0, 0.05) is 12.6 Å². The average Bonchev–Trinajstić information content (AvgIpc) is 2.34. The predicted molar refractivity (Wildman–Crippen MR) is 64.8 cm³/mol. The zero-order valence-corrected chi connectivity index (χ0v) is 9.69. The molecule has 16 heavy (non-hydrogen) atoms. The highest BCUT2D eigenvalue weighted by atomic mass is 16.5. The Bertz CT molecular complexity index is 355. The van der Waals surface area contributed by atoms with E-state index < -0.39 is 0 Å².